The lowest BCUT2D eigenvalue weighted by Gasteiger charge is -2.28. The maximum Gasteiger partial charge on any atom is 0.475 e. The number of phosphoric ester groups is 1. The third-order valence-corrected chi connectivity index (χ3v) is 11.9. The highest BCUT2D eigenvalue weighted by Crippen LogP contribution is 2.55. The number of esters is 2. The van der Waals surface area contributed by atoms with Gasteiger partial charge in [0.05, 0.1) is 44.5 Å². The smallest absolute Gasteiger partial charge is 0.456 e. The summed E-state index contributed by atoms with van der Waals surface area (Å²) < 4.78 is 73.1. The SMILES string of the molecule is [3H]OCCC[C@H]1O[C@@H](n2cnc3c(NC(=O)c4ccccc4)ncnc32)[C@@H](OC)C1OP(=O)(OCCC#N)OC[C@H]1O[C@@H](n2cnc3c(=O)[nH]c(NCC(C)C)nc32)[C@@H](OC(C)=O)C1OC(C)=O. The molecule has 0 bridgehead atoms. The summed E-state index contributed by atoms with van der Waals surface area (Å²) in [7, 11) is -3.46. The van der Waals surface area contributed by atoms with E-state index in [1.54, 1.807) is 30.3 Å². The molecule has 6 heterocycles. The van der Waals surface area contributed by atoms with E-state index in [0.29, 0.717) is 12.1 Å². The largest absolute Gasteiger partial charge is 0.475 e. The molecule has 4 aromatic heterocycles. The zero-order chi connectivity index (χ0) is 48.5. The van der Waals surface area contributed by atoms with Gasteiger partial charge in [0.2, 0.25) is 7.38 Å². The minimum atomic E-state index is -4.83. The summed E-state index contributed by atoms with van der Waals surface area (Å²) >= 11 is 0. The average Bonchev–Trinajstić information content (AvgIpc) is 4.09. The van der Waals surface area contributed by atoms with Crippen molar-refractivity contribution in [1.29, 1.82) is 6.69 Å². The molecule has 1 aromatic carbocycles. The number of hydrogen-bond donors (Lipinski definition) is 4. The van der Waals surface area contributed by atoms with Crippen LogP contribution in [0.25, 0.3) is 22.3 Å². The van der Waals surface area contributed by atoms with Gasteiger partial charge in [0, 0.05) is 39.7 Å². The molecule has 67 heavy (non-hydrogen) atoms. The fourth-order valence-corrected chi connectivity index (χ4v) is 8.95. The first-order chi connectivity index (χ1) is 32.7. The number of aromatic amines is 1. The monoisotopic (exact) mass is 953 g/mol. The van der Waals surface area contributed by atoms with Crippen LogP contribution in [0.4, 0.5) is 11.8 Å². The van der Waals surface area contributed by atoms with Crippen LogP contribution < -0.4 is 16.2 Å². The molecule has 26 heteroatoms. The molecule has 1 amide bonds. The van der Waals surface area contributed by atoms with Crippen LogP contribution in [0, 0.1) is 17.2 Å². The molecule has 0 radical (unpaired) electrons. The molecule has 2 saturated heterocycles. The van der Waals surface area contributed by atoms with Gasteiger partial charge in [-0.25, -0.2) is 24.5 Å². The van der Waals surface area contributed by atoms with E-state index in [2.05, 4.69) is 45.6 Å². The van der Waals surface area contributed by atoms with Gasteiger partial charge in [0.1, 0.15) is 24.6 Å². The third kappa shape index (κ3) is 11.1. The number of aromatic nitrogens is 8. The van der Waals surface area contributed by atoms with Crippen LogP contribution in [0.2, 0.25) is 0 Å². The van der Waals surface area contributed by atoms with Crippen molar-refractivity contribution in [2.24, 2.45) is 5.92 Å². The first kappa shape index (κ1) is 47.3. The number of amides is 1. The third-order valence-electron chi connectivity index (χ3n) is 10.5. The van der Waals surface area contributed by atoms with Gasteiger partial charge in [-0.05, 0) is 30.9 Å². The number of rotatable bonds is 22. The maximum absolute atomic E-state index is 14.9. The second-order valence-electron chi connectivity index (χ2n) is 15.8. The molecule has 4 N–H and O–H groups in total. The van der Waals surface area contributed by atoms with E-state index < -0.39 is 93.5 Å². The normalized spacial score (nSPS) is 23.7. The summed E-state index contributed by atoms with van der Waals surface area (Å²) in [6.07, 6.45) is -5.73. The lowest BCUT2D eigenvalue weighted by atomic mass is 10.1. The van der Waals surface area contributed by atoms with Crippen LogP contribution in [0.15, 0.2) is 54.1 Å². The fourth-order valence-electron chi connectivity index (χ4n) is 7.55. The number of carbonyl (C=O) groups excluding carboxylic acids is 3. The molecule has 3 unspecified atom stereocenters. The molecular weight excluding hydrogens is 901 g/mol. The van der Waals surface area contributed by atoms with E-state index in [-0.39, 0.29) is 65.9 Å². The Morgan fingerprint density at radius 3 is 2.36 bits per heavy atom. The highest BCUT2D eigenvalue weighted by molar-refractivity contribution is 7.48. The zero-order valence-electron chi connectivity index (χ0n) is 38.0. The second-order valence-corrected chi connectivity index (χ2v) is 17.4. The molecule has 358 valence electrons. The maximum atomic E-state index is 14.9. The van der Waals surface area contributed by atoms with E-state index in [4.69, 9.17) is 38.7 Å². The zero-order valence-corrected chi connectivity index (χ0v) is 37.9. The minimum Gasteiger partial charge on any atom is -0.456 e. The fraction of sp³-hybridized carbons (Fsp3) is 0.512. The van der Waals surface area contributed by atoms with Gasteiger partial charge in [-0.1, -0.05) is 32.0 Å². The van der Waals surface area contributed by atoms with Crippen molar-refractivity contribution in [2.45, 2.75) is 96.0 Å². The van der Waals surface area contributed by atoms with E-state index in [9.17, 15) is 29.0 Å². The second kappa shape index (κ2) is 21.6. The van der Waals surface area contributed by atoms with Crippen molar-refractivity contribution in [3.63, 3.8) is 0 Å². The summed E-state index contributed by atoms with van der Waals surface area (Å²) in [4.78, 5) is 75.8. The van der Waals surface area contributed by atoms with Crippen molar-refractivity contribution in [2.75, 3.05) is 44.1 Å². The number of phosphoric acid groups is 1. The molecule has 2 aliphatic rings. The van der Waals surface area contributed by atoms with Gasteiger partial charge in [0.15, 0.2) is 52.8 Å². The predicted octanol–water partition coefficient (Wildman–Crippen LogP) is 3.17. The van der Waals surface area contributed by atoms with Gasteiger partial charge in [-0.3, -0.25) is 46.9 Å². The van der Waals surface area contributed by atoms with Crippen molar-refractivity contribution < 1.29 is 61.3 Å². The van der Waals surface area contributed by atoms with Gasteiger partial charge in [-0.15, -0.1) is 0 Å². The molecule has 9 atom stereocenters. The quantitative estimate of drug-likeness (QED) is 0.0440. The number of carbonyl (C=O) groups is 3. The molecule has 2 fully saturated rings. The molecule has 7 rings (SSSR count). The van der Waals surface area contributed by atoms with Gasteiger partial charge >= 0.3 is 19.8 Å². The molecule has 25 nitrogen and oxygen atoms in total. The van der Waals surface area contributed by atoms with Crippen LogP contribution >= 0.6 is 7.82 Å². The van der Waals surface area contributed by atoms with E-state index >= 15 is 0 Å². The number of nitriles is 1. The average molecular weight is 954 g/mol. The Kier molecular flexibility index (Phi) is 15.2. The van der Waals surface area contributed by atoms with Gasteiger partial charge in [0.25, 0.3) is 11.5 Å². The summed E-state index contributed by atoms with van der Waals surface area (Å²) in [6, 6.07) is 10.4. The number of H-pyrrole nitrogens is 1. The van der Waals surface area contributed by atoms with Crippen molar-refractivity contribution in [3.05, 3.63) is 65.2 Å². The van der Waals surface area contributed by atoms with Crippen molar-refractivity contribution >= 4 is 59.8 Å². The number of anilines is 2. The number of methoxy groups -OCH3 is 1. The summed E-state index contributed by atoms with van der Waals surface area (Å²) in [5, 5.41) is 19.8. The summed E-state index contributed by atoms with van der Waals surface area (Å²) in [5.41, 5.74) is 0.221. The molecule has 5 aromatic rings. The highest BCUT2D eigenvalue weighted by atomic mass is 31.2. The molecular formula is C41H50N11O14P. The molecule has 0 spiro atoms. The van der Waals surface area contributed by atoms with Crippen LogP contribution in [0.3, 0.4) is 0 Å². The number of ether oxygens (including phenoxy) is 5. The van der Waals surface area contributed by atoms with E-state index in [1.165, 1.54) is 35.2 Å². The summed E-state index contributed by atoms with van der Waals surface area (Å²) in [5.74, 6) is -1.56. The first-order valence-corrected chi connectivity index (χ1v) is 22.7. The minimum absolute atomic E-state index is 0.000524. The number of hydrogen-bond acceptors (Lipinski definition) is 21. The van der Waals surface area contributed by atoms with Gasteiger partial charge in [-0.2, -0.15) is 10.2 Å². The van der Waals surface area contributed by atoms with Crippen LogP contribution in [0.5, 0.6) is 0 Å². The lowest BCUT2D eigenvalue weighted by molar-refractivity contribution is -0.165. The molecule has 0 saturated carbocycles. The van der Waals surface area contributed by atoms with Gasteiger partial charge < -0.3 is 39.4 Å². The number of imidazole rings is 2. The van der Waals surface area contributed by atoms with Crippen LogP contribution in [0.1, 0.15) is 69.8 Å². The standard InChI is InChI=1S/C41H50N11O14P/c1-22(2)17-43-41-49-36-29(38(57)50-41)47-21-52(36)40-33(63-24(4)55)30(62-23(3)54)27(65-40)18-61-67(58,60-16-10-14-42)66-31-26(13-9-15-53)64-39(32(31)59-5)51-20-46-28-34(44-19-45-35(28)51)48-37(56)25-11-7-6-8-12-25/h6-8,11-12,19-22,26-27,30-33,39-40,53H,9-10,13,15-18H2,1-5H3,(H2,43,49,50,57)(H,44,45,48,56)/t26-,27-,30?,31?,32+,33+,39-,40-,67?/m1/s1/i53T. The summed E-state index contributed by atoms with van der Waals surface area (Å²) in [6.45, 7) is 5.55. The Bertz CT molecular complexity index is 2720. The Hall–Kier alpha value is -6.23. The Labute approximate surface area is 383 Å². The molecule has 2 aliphatic heterocycles. The van der Waals surface area contributed by atoms with Crippen LogP contribution in [-0.2, 0) is 51.4 Å². The number of aliphatic hydroxyl groups is 1. The Morgan fingerprint density at radius 1 is 0.955 bits per heavy atom. The molecule has 0 aliphatic carbocycles. The van der Waals surface area contributed by atoms with E-state index in [1.807, 2.05) is 19.9 Å². The highest BCUT2D eigenvalue weighted by Gasteiger charge is 2.54. The van der Waals surface area contributed by atoms with Crippen molar-refractivity contribution in [1.82, 2.24) is 39.0 Å². The topological polar surface area (TPSA) is 317 Å². The Morgan fingerprint density at radius 2 is 1.66 bits per heavy atom. The predicted molar refractivity (Wildman–Crippen MR) is 232 cm³/mol. The first-order valence-electron chi connectivity index (χ1n) is 21.6. The van der Waals surface area contributed by atoms with E-state index in [0.717, 1.165) is 13.8 Å². The number of fused-ring (bicyclic) bond motifs is 2. The lowest BCUT2D eigenvalue weighted by Crippen LogP contribution is -2.40. The van der Waals surface area contributed by atoms with Crippen molar-refractivity contribution in [3.8, 4) is 6.07 Å². The van der Waals surface area contributed by atoms with Crippen LogP contribution in [-0.4, -0.2) is 134 Å². The number of nitrogens with one attached hydrogen (secondary N) is 3. The number of aliphatic hydroxyl groups excluding tert-OH is 1. The number of benzene rings is 1. The number of nitrogens with zero attached hydrogens (tertiary/aromatic N) is 8. The Balaban J connectivity index is 1.18.